The van der Waals surface area contributed by atoms with Gasteiger partial charge in [0.2, 0.25) is 0 Å². The molecule has 0 saturated carbocycles. The fourth-order valence-electron chi connectivity index (χ4n) is 2.46. The molecule has 0 fully saturated rings. The average molecular weight is 260 g/mol. The topological polar surface area (TPSA) is 24.9 Å². The van der Waals surface area contributed by atoms with Gasteiger partial charge < -0.3 is 5.32 Å². The Morgan fingerprint density at radius 1 is 1.28 bits per heavy atom. The number of hydrogen-bond acceptors (Lipinski definition) is 3. The molecule has 0 saturated heterocycles. The largest absolute Gasteiger partial charge is 0.316 e. The van der Waals surface area contributed by atoms with Gasteiger partial charge in [-0.2, -0.15) is 0 Å². The molecule has 0 aliphatic carbocycles. The summed E-state index contributed by atoms with van der Waals surface area (Å²) < 4.78 is 0. The first-order chi connectivity index (χ1) is 8.85. The van der Waals surface area contributed by atoms with Crippen LogP contribution in [0.5, 0.6) is 0 Å². The first kappa shape index (κ1) is 13.2. The zero-order valence-electron chi connectivity index (χ0n) is 11.0. The third kappa shape index (κ3) is 3.18. The van der Waals surface area contributed by atoms with Crippen molar-refractivity contribution in [3.05, 3.63) is 52.5 Å². The molecule has 2 unspecified atom stereocenters. The predicted molar refractivity (Wildman–Crippen MR) is 78.1 cm³/mol. The Hall–Kier alpha value is -1.19. The number of likely N-dealkylation sites (N-methyl/N-ethyl adjacent to an activating group) is 1. The summed E-state index contributed by atoms with van der Waals surface area (Å²) in [6.07, 6.45) is 4.18. The van der Waals surface area contributed by atoms with Gasteiger partial charge in [-0.15, -0.1) is 11.3 Å². The SMILES string of the molecule is CCC(c1ccccc1)C(Cc1cncs1)NC. The molecule has 96 valence electrons. The van der Waals surface area contributed by atoms with Crippen molar-refractivity contribution in [1.82, 2.24) is 10.3 Å². The van der Waals surface area contributed by atoms with Crippen molar-refractivity contribution >= 4 is 11.3 Å². The molecule has 1 heterocycles. The Morgan fingerprint density at radius 2 is 2.06 bits per heavy atom. The number of hydrogen-bond donors (Lipinski definition) is 1. The van der Waals surface area contributed by atoms with Crippen LogP contribution in [0.3, 0.4) is 0 Å². The highest BCUT2D eigenvalue weighted by atomic mass is 32.1. The summed E-state index contributed by atoms with van der Waals surface area (Å²) in [7, 11) is 2.05. The van der Waals surface area contributed by atoms with Crippen molar-refractivity contribution in [3.8, 4) is 0 Å². The fourth-order valence-corrected chi connectivity index (χ4v) is 3.11. The van der Waals surface area contributed by atoms with Gasteiger partial charge in [-0.25, -0.2) is 0 Å². The molecular weight excluding hydrogens is 240 g/mol. The molecule has 0 aliphatic rings. The Bertz CT molecular complexity index is 439. The highest BCUT2D eigenvalue weighted by Gasteiger charge is 2.20. The molecule has 1 aromatic heterocycles. The first-order valence-electron chi connectivity index (χ1n) is 6.44. The fraction of sp³-hybridized carbons (Fsp3) is 0.400. The summed E-state index contributed by atoms with van der Waals surface area (Å²) in [5.41, 5.74) is 3.33. The molecule has 2 rings (SSSR count). The Morgan fingerprint density at radius 3 is 2.61 bits per heavy atom. The maximum atomic E-state index is 4.16. The van der Waals surface area contributed by atoms with E-state index in [0.29, 0.717) is 12.0 Å². The van der Waals surface area contributed by atoms with Crippen molar-refractivity contribution in [2.75, 3.05) is 7.05 Å². The van der Waals surface area contributed by atoms with Crippen LogP contribution >= 0.6 is 11.3 Å². The zero-order chi connectivity index (χ0) is 12.8. The van der Waals surface area contributed by atoms with Crippen LogP contribution in [0.2, 0.25) is 0 Å². The summed E-state index contributed by atoms with van der Waals surface area (Å²) in [6.45, 7) is 2.26. The first-order valence-corrected chi connectivity index (χ1v) is 7.32. The molecule has 0 amide bonds. The Kier molecular flexibility index (Phi) is 4.90. The van der Waals surface area contributed by atoms with E-state index in [2.05, 4.69) is 54.6 Å². The lowest BCUT2D eigenvalue weighted by molar-refractivity contribution is 0.450. The minimum atomic E-state index is 0.470. The molecule has 2 aromatic rings. The quantitative estimate of drug-likeness (QED) is 0.860. The summed E-state index contributed by atoms with van der Waals surface area (Å²) in [6, 6.07) is 11.2. The third-order valence-electron chi connectivity index (χ3n) is 3.43. The van der Waals surface area contributed by atoms with E-state index in [0.717, 1.165) is 12.8 Å². The van der Waals surface area contributed by atoms with Crippen LogP contribution in [0, 0.1) is 0 Å². The Balaban J connectivity index is 2.14. The van der Waals surface area contributed by atoms with E-state index < -0.39 is 0 Å². The van der Waals surface area contributed by atoms with Gasteiger partial charge in [-0.1, -0.05) is 37.3 Å². The molecule has 18 heavy (non-hydrogen) atoms. The molecule has 2 atom stereocenters. The number of rotatable bonds is 6. The monoisotopic (exact) mass is 260 g/mol. The van der Waals surface area contributed by atoms with Crippen LogP contribution < -0.4 is 5.32 Å². The second kappa shape index (κ2) is 6.66. The molecule has 3 heteroatoms. The van der Waals surface area contributed by atoms with Crippen LogP contribution in [0.25, 0.3) is 0 Å². The van der Waals surface area contributed by atoms with Crippen LogP contribution in [0.15, 0.2) is 42.0 Å². The maximum absolute atomic E-state index is 4.16. The van der Waals surface area contributed by atoms with Gasteiger partial charge in [0.25, 0.3) is 0 Å². The van der Waals surface area contributed by atoms with Crippen LogP contribution in [0.1, 0.15) is 29.7 Å². The van der Waals surface area contributed by atoms with Gasteiger partial charge in [0.15, 0.2) is 0 Å². The lowest BCUT2D eigenvalue weighted by atomic mass is 9.87. The second-order valence-electron chi connectivity index (χ2n) is 4.49. The average Bonchev–Trinajstić information content (AvgIpc) is 2.92. The molecule has 0 radical (unpaired) electrons. The minimum absolute atomic E-state index is 0.470. The smallest absolute Gasteiger partial charge is 0.0794 e. The standard InChI is InChI=1S/C15H20N2S/c1-3-14(12-7-5-4-6-8-12)15(16-2)9-13-10-17-11-18-13/h4-8,10-11,14-16H,3,9H2,1-2H3. The van der Waals surface area contributed by atoms with E-state index in [1.807, 2.05) is 11.7 Å². The lowest BCUT2D eigenvalue weighted by Crippen LogP contribution is -2.33. The number of nitrogens with one attached hydrogen (secondary N) is 1. The van der Waals surface area contributed by atoms with Gasteiger partial charge in [-0.3, -0.25) is 4.98 Å². The molecule has 0 aliphatic heterocycles. The molecule has 1 N–H and O–H groups in total. The highest BCUT2D eigenvalue weighted by molar-refractivity contribution is 7.09. The molecule has 0 spiro atoms. The number of thiazole rings is 1. The summed E-state index contributed by atoms with van der Waals surface area (Å²) >= 11 is 1.74. The van der Waals surface area contributed by atoms with Crippen molar-refractivity contribution in [2.24, 2.45) is 0 Å². The Labute approximate surface area is 113 Å². The van der Waals surface area contributed by atoms with E-state index in [4.69, 9.17) is 0 Å². The summed E-state index contributed by atoms with van der Waals surface area (Å²) in [4.78, 5) is 5.51. The molecular formula is C15H20N2S. The highest BCUT2D eigenvalue weighted by Crippen LogP contribution is 2.26. The second-order valence-corrected chi connectivity index (χ2v) is 5.46. The van der Waals surface area contributed by atoms with Crippen LogP contribution in [-0.4, -0.2) is 18.1 Å². The van der Waals surface area contributed by atoms with Crippen molar-refractivity contribution < 1.29 is 0 Å². The van der Waals surface area contributed by atoms with E-state index >= 15 is 0 Å². The van der Waals surface area contributed by atoms with Crippen molar-refractivity contribution in [3.63, 3.8) is 0 Å². The lowest BCUT2D eigenvalue weighted by Gasteiger charge is -2.26. The van der Waals surface area contributed by atoms with Crippen LogP contribution in [0.4, 0.5) is 0 Å². The van der Waals surface area contributed by atoms with E-state index in [-0.39, 0.29) is 0 Å². The van der Waals surface area contributed by atoms with Gasteiger partial charge in [-0.05, 0) is 31.4 Å². The molecule has 1 aromatic carbocycles. The summed E-state index contributed by atoms with van der Waals surface area (Å²) in [5, 5.41) is 3.47. The molecule has 2 nitrogen and oxygen atoms in total. The third-order valence-corrected chi connectivity index (χ3v) is 4.23. The van der Waals surface area contributed by atoms with E-state index in [9.17, 15) is 0 Å². The normalized spacial score (nSPS) is 14.3. The zero-order valence-corrected chi connectivity index (χ0v) is 11.8. The van der Waals surface area contributed by atoms with Crippen molar-refractivity contribution in [1.29, 1.82) is 0 Å². The predicted octanol–water partition coefficient (Wildman–Crippen LogP) is 3.47. The number of benzene rings is 1. The minimum Gasteiger partial charge on any atom is -0.316 e. The van der Waals surface area contributed by atoms with E-state index in [1.54, 1.807) is 11.3 Å². The van der Waals surface area contributed by atoms with Gasteiger partial charge >= 0.3 is 0 Å². The van der Waals surface area contributed by atoms with Gasteiger partial charge in [0, 0.05) is 17.1 Å². The van der Waals surface area contributed by atoms with Crippen LogP contribution in [-0.2, 0) is 6.42 Å². The van der Waals surface area contributed by atoms with Crippen molar-refractivity contribution in [2.45, 2.75) is 31.7 Å². The van der Waals surface area contributed by atoms with E-state index in [1.165, 1.54) is 10.4 Å². The molecule has 0 bridgehead atoms. The number of aromatic nitrogens is 1. The van der Waals surface area contributed by atoms with Gasteiger partial charge in [0.1, 0.15) is 0 Å². The number of nitrogens with zero attached hydrogens (tertiary/aromatic N) is 1. The van der Waals surface area contributed by atoms with Gasteiger partial charge in [0.05, 0.1) is 5.51 Å². The summed E-state index contributed by atoms with van der Waals surface area (Å²) in [5.74, 6) is 0.554. The maximum Gasteiger partial charge on any atom is 0.0794 e.